The number of hydrogen-bond donors (Lipinski definition) is 1. The Morgan fingerprint density at radius 1 is 1.17 bits per heavy atom. The highest BCUT2D eigenvalue weighted by atomic mass is 35.5. The van der Waals surface area contributed by atoms with Gasteiger partial charge >= 0.3 is 0 Å². The summed E-state index contributed by atoms with van der Waals surface area (Å²) in [5, 5.41) is 4.64. The van der Waals surface area contributed by atoms with E-state index in [1.54, 1.807) is 0 Å². The van der Waals surface area contributed by atoms with Crippen LogP contribution in [0.2, 0.25) is 5.02 Å². The number of nitrogens with one attached hydrogen (secondary N) is 1. The maximum absolute atomic E-state index is 5.92. The van der Waals surface area contributed by atoms with Gasteiger partial charge in [-0.1, -0.05) is 30.2 Å². The van der Waals surface area contributed by atoms with Gasteiger partial charge in [0.25, 0.3) is 0 Å². The van der Waals surface area contributed by atoms with E-state index in [4.69, 9.17) is 11.6 Å². The summed E-state index contributed by atoms with van der Waals surface area (Å²) in [4.78, 5) is 0. The molecule has 0 heterocycles. The Hall–Kier alpha value is -0.530. The van der Waals surface area contributed by atoms with Crippen LogP contribution >= 0.6 is 11.6 Å². The molecule has 18 heavy (non-hydrogen) atoms. The van der Waals surface area contributed by atoms with Crippen LogP contribution in [-0.4, -0.2) is 12.1 Å². The molecule has 98 valence electrons. The minimum atomic E-state index is 0.718. The highest BCUT2D eigenvalue weighted by molar-refractivity contribution is 6.30. The standard InChI is InChI=1S/C16H22ClN/c1-11(12-3-2-4-12)18-16-9-14(10-16)13-5-7-15(17)8-6-13/h5-8,11-12,14,16,18H,2-4,9-10H2,1H3. The first-order valence-corrected chi connectivity index (χ1v) is 7.61. The quantitative estimate of drug-likeness (QED) is 0.851. The Labute approximate surface area is 115 Å². The summed E-state index contributed by atoms with van der Waals surface area (Å²) in [5.74, 6) is 1.69. The summed E-state index contributed by atoms with van der Waals surface area (Å²) in [6.45, 7) is 2.36. The molecule has 0 saturated heterocycles. The van der Waals surface area contributed by atoms with Gasteiger partial charge in [0, 0.05) is 17.1 Å². The fourth-order valence-corrected chi connectivity index (χ4v) is 3.33. The van der Waals surface area contributed by atoms with Gasteiger partial charge in [-0.25, -0.2) is 0 Å². The van der Waals surface area contributed by atoms with Crippen molar-refractivity contribution < 1.29 is 0 Å². The molecule has 2 heteroatoms. The van der Waals surface area contributed by atoms with Gasteiger partial charge in [0.15, 0.2) is 0 Å². The first-order valence-electron chi connectivity index (χ1n) is 7.24. The Morgan fingerprint density at radius 2 is 1.83 bits per heavy atom. The fraction of sp³-hybridized carbons (Fsp3) is 0.625. The van der Waals surface area contributed by atoms with Crippen molar-refractivity contribution in [1.29, 1.82) is 0 Å². The molecule has 1 atom stereocenters. The van der Waals surface area contributed by atoms with E-state index in [1.165, 1.54) is 37.7 Å². The molecule has 2 aliphatic carbocycles. The highest BCUT2D eigenvalue weighted by Crippen LogP contribution is 2.38. The molecule has 0 bridgehead atoms. The van der Waals surface area contributed by atoms with Crippen molar-refractivity contribution >= 4 is 11.6 Å². The van der Waals surface area contributed by atoms with Crippen LogP contribution in [0.25, 0.3) is 0 Å². The lowest BCUT2D eigenvalue weighted by atomic mass is 9.74. The van der Waals surface area contributed by atoms with Gasteiger partial charge in [-0.15, -0.1) is 0 Å². The predicted octanol–water partition coefficient (Wildman–Crippen LogP) is 4.36. The summed E-state index contributed by atoms with van der Waals surface area (Å²) < 4.78 is 0. The lowest BCUT2D eigenvalue weighted by Crippen LogP contribution is -2.48. The average Bonchev–Trinajstić information content (AvgIpc) is 2.22. The maximum atomic E-state index is 5.92. The topological polar surface area (TPSA) is 12.0 Å². The zero-order chi connectivity index (χ0) is 12.5. The smallest absolute Gasteiger partial charge is 0.0406 e. The zero-order valence-electron chi connectivity index (χ0n) is 11.0. The molecule has 0 amide bonds. The molecule has 2 aliphatic rings. The van der Waals surface area contributed by atoms with Gasteiger partial charge in [0.1, 0.15) is 0 Å². The fourth-order valence-electron chi connectivity index (χ4n) is 3.21. The molecule has 0 spiro atoms. The van der Waals surface area contributed by atoms with Crippen LogP contribution in [0.4, 0.5) is 0 Å². The molecule has 0 aliphatic heterocycles. The second kappa shape index (κ2) is 5.22. The Morgan fingerprint density at radius 3 is 2.39 bits per heavy atom. The van der Waals surface area contributed by atoms with E-state index in [-0.39, 0.29) is 0 Å². The molecular weight excluding hydrogens is 242 g/mol. The second-order valence-corrected chi connectivity index (χ2v) is 6.50. The number of halogens is 1. The lowest BCUT2D eigenvalue weighted by Gasteiger charge is -2.41. The summed E-state index contributed by atoms with van der Waals surface area (Å²) in [6, 6.07) is 9.83. The third-order valence-electron chi connectivity index (χ3n) is 4.84. The molecule has 1 unspecified atom stereocenters. The van der Waals surface area contributed by atoms with E-state index in [0.29, 0.717) is 0 Å². The molecule has 2 saturated carbocycles. The van der Waals surface area contributed by atoms with E-state index in [2.05, 4.69) is 24.4 Å². The minimum absolute atomic E-state index is 0.718. The van der Waals surface area contributed by atoms with Gasteiger partial charge in [-0.2, -0.15) is 0 Å². The maximum Gasteiger partial charge on any atom is 0.0406 e. The van der Waals surface area contributed by atoms with Crippen molar-refractivity contribution in [1.82, 2.24) is 5.32 Å². The summed E-state index contributed by atoms with van der Waals surface area (Å²) in [6.07, 6.45) is 6.88. The molecular formula is C16H22ClN. The first kappa shape index (κ1) is 12.5. The summed E-state index contributed by atoms with van der Waals surface area (Å²) in [7, 11) is 0. The van der Waals surface area contributed by atoms with Crippen LogP contribution in [-0.2, 0) is 0 Å². The lowest BCUT2D eigenvalue weighted by molar-refractivity contribution is 0.188. The van der Waals surface area contributed by atoms with Crippen molar-refractivity contribution in [2.75, 3.05) is 0 Å². The van der Waals surface area contributed by atoms with Crippen LogP contribution in [0.3, 0.4) is 0 Å². The van der Waals surface area contributed by atoms with Crippen LogP contribution in [0.15, 0.2) is 24.3 Å². The Bertz CT molecular complexity index is 390. The van der Waals surface area contributed by atoms with E-state index in [9.17, 15) is 0 Å². The summed E-state index contributed by atoms with van der Waals surface area (Å²) in [5.41, 5.74) is 1.45. The van der Waals surface area contributed by atoms with Crippen molar-refractivity contribution in [2.45, 2.75) is 57.0 Å². The van der Waals surface area contributed by atoms with E-state index >= 15 is 0 Å². The third-order valence-corrected chi connectivity index (χ3v) is 5.09. The van der Waals surface area contributed by atoms with Crippen LogP contribution in [0, 0.1) is 5.92 Å². The van der Waals surface area contributed by atoms with E-state index in [0.717, 1.165) is 28.9 Å². The number of hydrogen-bond acceptors (Lipinski definition) is 1. The predicted molar refractivity (Wildman–Crippen MR) is 77.2 cm³/mol. The number of rotatable bonds is 4. The highest BCUT2D eigenvalue weighted by Gasteiger charge is 2.33. The van der Waals surface area contributed by atoms with Gasteiger partial charge < -0.3 is 5.32 Å². The normalized spacial score (nSPS) is 29.4. The molecule has 1 aromatic rings. The van der Waals surface area contributed by atoms with Crippen molar-refractivity contribution in [2.24, 2.45) is 5.92 Å². The number of benzene rings is 1. The van der Waals surface area contributed by atoms with Crippen LogP contribution in [0.5, 0.6) is 0 Å². The monoisotopic (exact) mass is 263 g/mol. The Kier molecular flexibility index (Phi) is 3.63. The minimum Gasteiger partial charge on any atom is -0.311 e. The van der Waals surface area contributed by atoms with E-state index < -0.39 is 0 Å². The molecule has 1 nitrogen and oxygen atoms in total. The van der Waals surface area contributed by atoms with Crippen LogP contribution < -0.4 is 5.32 Å². The molecule has 2 fully saturated rings. The van der Waals surface area contributed by atoms with Crippen molar-refractivity contribution in [3.63, 3.8) is 0 Å². The third kappa shape index (κ3) is 2.57. The van der Waals surface area contributed by atoms with Gasteiger partial charge in [-0.05, 0) is 62.1 Å². The first-order chi connectivity index (χ1) is 8.72. The van der Waals surface area contributed by atoms with Gasteiger partial charge in [0.2, 0.25) is 0 Å². The van der Waals surface area contributed by atoms with Gasteiger partial charge in [-0.3, -0.25) is 0 Å². The molecule has 0 radical (unpaired) electrons. The second-order valence-electron chi connectivity index (χ2n) is 6.06. The largest absolute Gasteiger partial charge is 0.311 e. The Balaban J connectivity index is 1.46. The summed E-state index contributed by atoms with van der Waals surface area (Å²) >= 11 is 5.92. The van der Waals surface area contributed by atoms with Crippen LogP contribution in [0.1, 0.15) is 50.5 Å². The molecule has 1 N–H and O–H groups in total. The van der Waals surface area contributed by atoms with E-state index in [1.807, 2.05) is 12.1 Å². The van der Waals surface area contributed by atoms with Crippen molar-refractivity contribution in [3.8, 4) is 0 Å². The molecule has 0 aromatic heterocycles. The molecule has 3 rings (SSSR count). The molecule has 1 aromatic carbocycles. The van der Waals surface area contributed by atoms with Gasteiger partial charge in [0.05, 0.1) is 0 Å². The average molecular weight is 264 g/mol. The van der Waals surface area contributed by atoms with Crippen molar-refractivity contribution in [3.05, 3.63) is 34.9 Å². The zero-order valence-corrected chi connectivity index (χ0v) is 11.8. The SMILES string of the molecule is CC(NC1CC(c2ccc(Cl)cc2)C1)C1CCC1.